The fourth-order valence-electron chi connectivity index (χ4n) is 2.38. The van der Waals surface area contributed by atoms with Crippen LogP contribution in [-0.2, 0) is 4.74 Å². The second-order valence-electron chi connectivity index (χ2n) is 5.32. The van der Waals surface area contributed by atoms with Crippen molar-refractivity contribution in [3.8, 4) is 11.8 Å². The average Bonchev–Trinajstić information content (AvgIpc) is 2.53. The molecule has 1 aliphatic rings. The Labute approximate surface area is 125 Å². The Bertz CT molecular complexity index is 469. The molecular formula is C16H22N2O3. The first-order valence-corrected chi connectivity index (χ1v) is 7.32. The molecule has 1 aromatic rings. The van der Waals surface area contributed by atoms with Gasteiger partial charge in [0, 0.05) is 19.1 Å². The van der Waals surface area contributed by atoms with Crippen LogP contribution in [0.15, 0.2) is 24.3 Å². The standard InChI is InChI=1S/C16H22N2O3/c1-13-12-21-16(11-19)10-18(13)7-2-8-20-15-5-3-14(9-17)4-6-15/h3-6,13,16,19H,2,7-8,10-12H2,1H3. The van der Waals surface area contributed by atoms with Crippen molar-refractivity contribution < 1.29 is 14.6 Å². The third kappa shape index (κ3) is 4.71. The lowest BCUT2D eigenvalue weighted by Crippen LogP contribution is -2.49. The SMILES string of the molecule is CC1COC(CO)CN1CCCOc1ccc(C#N)cc1. The predicted molar refractivity (Wildman–Crippen MR) is 79.1 cm³/mol. The smallest absolute Gasteiger partial charge is 0.119 e. The van der Waals surface area contributed by atoms with Crippen LogP contribution in [0.25, 0.3) is 0 Å². The molecule has 0 radical (unpaired) electrons. The third-order valence-corrected chi connectivity index (χ3v) is 3.68. The summed E-state index contributed by atoms with van der Waals surface area (Å²) in [7, 11) is 0. The van der Waals surface area contributed by atoms with Gasteiger partial charge >= 0.3 is 0 Å². The summed E-state index contributed by atoms with van der Waals surface area (Å²) in [5.41, 5.74) is 0.638. The lowest BCUT2D eigenvalue weighted by atomic mass is 10.2. The second-order valence-corrected chi connectivity index (χ2v) is 5.32. The molecule has 1 heterocycles. The summed E-state index contributed by atoms with van der Waals surface area (Å²) in [6.45, 7) is 5.22. The van der Waals surface area contributed by atoms with Crippen LogP contribution in [0.3, 0.4) is 0 Å². The van der Waals surface area contributed by atoms with Gasteiger partial charge in [-0.1, -0.05) is 0 Å². The van der Waals surface area contributed by atoms with Crippen LogP contribution < -0.4 is 4.74 Å². The number of rotatable bonds is 6. The average molecular weight is 290 g/mol. The number of aliphatic hydroxyl groups is 1. The van der Waals surface area contributed by atoms with Crippen LogP contribution in [0.2, 0.25) is 0 Å². The normalized spacial score (nSPS) is 22.7. The molecule has 0 aliphatic carbocycles. The molecule has 0 bridgehead atoms. The Morgan fingerprint density at radius 2 is 2.19 bits per heavy atom. The monoisotopic (exact) mass is 290 g/mol. The molecule has 1 fully saturated rings. The number of benzene rings is 1. The van der Waals surface area contributed by atoms with Crippen molar-refractivity contribution in [2.75, 3.05) is 32.9 Å². The van der Waals surface area contributed by atoms with E-state index in [1.807, 2.05) is 12.1 Å². The molecule has 0 amide bonds. The van der Waals surface area contributed by atoms with Gasteiger partial charge in [-0.15, -0.1) is 0 Å². The molecule has 0 spiro atoms. The third-order valence-electron chi connectivity index (χ3n) is 3.68. The molecule has 1 aliphatic heterocycles. The fourth-order valence-corrected chi connectivity index (χ4v) is 2.38. The summed E-state index contributed by atoms with van der Waals surface area (Å²) < 4.78 is 11.2. The zero-order valence-electron chi connectivity index (χ0n) is 12.4. The van der Waals surface area contributed by atoms with Crippen molar-refractivity contribution in [2.45, 2.75) is 25.5 Å². The Hall–Kier alpha value is -1.61. The summed E-state index contributed by atoms with van der Waals surface area (Å²) in [5, 5.41) is 17.9. The molecular weight excluding hydrogens is 268 g/mol. The topological polar surface area (TPSA) is 65.7 Å². The predicted octanol–water partition coefficient (Wildman–Crippen LogP) is 1.41. The van der Waals surface area contributed by atoms with Gasteiger partial charge in [-0.05, 0) is 37.6 Å². The van der Waals surface area contributed by atoms with Gasteiger partial charge < -0.3 is 14.6 Å². The van der Waals surface area contributed by atoms with E-state index in [0.717, 1.165) is 25.3 Å². The van der Waals surface area contributed by atoms with Gasteiger partial charge in [-0.25, -0.2) is 0 Å². The van der Waals surface area contributed by atoms with Crippen molar-refractivity contribution in [2.24, 2.45) is 0 Å². The summed E-state index contributed by atoms with van der Waals surface area (Å²) in [6.07, 6.45) is 0.850. The van der Waals surface area contributed by atoms with Crippen molar-refractivity contribution in [3.05, 3.63) is 29.8 Å². The molecule has 5 nitrogen and oxygen atoms in total. The molecule has 1 aromatic carbocycles. The van der Waals surface area contributed by atoms with Crippen molar-refractivity contribution in [1.29, 1.82) is 5.26 Å². The van der Waals surface area contributed by atoms with E-state index in [1.165, 1.54) is 0 Å². The van der Waals surface area contributed by atoms with Crippen molar-refractivity contribution in [1.82, 2.24) is 4.90 Å². The molecule has 114 valence electrons. The van der Waals surface area contributed by atoms with Crippen molar-refractivity contribution in [3.63, 3.8) is 0 Å². The zero-order chi connectivity index (χ0) is 15.1. The van der Waals surface area contributed by atoms with Gasteiger partial charge in [0.15, 0.2) is 0 Å². The first-order valence-electron chi connectivity index (χ1n) is 7.32. The van der Waals surface area contributed by atoms with Gasteiger partial charge in [-0.3, -0.25) is 4.90 Å². The highest BCUT2D eigenvalue weighted by atomic mass is 16.5. The van der Waals surface area contributed by atoms with E-state index in [4.69, 9.17) is 19.8 Å². The van der Waals surface area contributed by atoms with Gasteiger partial charge in [0.25, 0.3) is 0 Å². The molecule has 0 aromatic heterocycles. The van der Waals surface area contributed by atoms with E-state index in [0.29, 0.717) is 24.8 Å². The van der Waals surface area contributed by atoms with Crippen LogP contribution in [0.5, 0.6) is 5.75 Å². The Balaban J connectivity index is 1.70. The number of ether oxygens (including phenoxy) is 2. The van der Waals surface area contributed by atoms with Crippen LogP contribution in [0.4, 0.5) is 0 Å². The quantitative estimate of drug-likeness (QED) is 0.802. The lowest BCUT2D eigenvalue weighted by Gasteiger charge is -2.37. The molecule has 2 atom stereocenters. The lowest BCUT2D eigenvalue weighted by molar-refractivity contribution is -0.0784. The number of morpholine rings is 1. The van der Waals surface area contributed by atoms with E-state index in [-0.39, 0.29) is 12.7 Å². The second kappa shape index (κ2) is 7.99. The maximum absolute atomic E-state index is 9.16. The molecule has 0 saturated carbocycles. The van der Waals surface area contributed by atoms with Crippen LogP contribution in [-0.4, -0.2) is 55.1 Å². The summed E-state index contributed by atoms with van der Waals surface area (Å²) in [5.74, 6) is 0.789. The van der Waals surface area contributed by atoms with Crippen LogP contribution in [0.1, 0.15) is 18.9 Å². The highest BCUT2D eigenvalue weighted by Crippen LogP contribution is 2.14. The van der Waals surface area contributed by atoms with E-state index >= 15 is 0 Å². The zero-order valence-corrected chi connectivity index (χ0v) is 12.4. The summed E-state index contributed by atoms with van der Waals surface area (Å²) in [4.78, 5) is 2.33. The first kappa shape index (κ1) is 15.8. The maximum atomic E-state index is 9.16. The molecule has 5 heteroatoms. The van der Waals surface area contributed by atoms with Gasteiger partial charge in [0.2, 0.25) is 0 Å². The molecule has 1 saturated heterocycles. The van der Waals surface area contributed by atoms with E-state index < -0.39 is 0 Å². The van der Waals surface area contributed by atoms with Gasteiger partial charge in [-0.2, -0.15) is 5.26 Å². The Kier molecular flexibility index (Phi) is 6.00. The minimum absolute atomic E-state index is 0.0688. The molecule has 2 rings (SSSR count). The largest absolute Gasteiger partial charge is 0.494 e. The van der Waals surface area contributed by atoms with E-state index in [2.05, 4.69) is 17.9 Å². The van der Waals surface area contributed by atoms with Crippen LogP contribution in [0, 0.1) is 11.3 Å². The number of hydrogen-bond acceptors (Lipinski definition) is 5. The number of nitrogens with zero attached hydrogens (tertiary/aromatic N) is 2. The van der Waals surface area contributed by atoms with Gasteiger partial charge in [0.1, 0.15) is 5.75 Å². The minimum Gasteiger partial charge on any atom is -0.494 e. The maximum Gasteiger partial charge on any atom is 0.119 e. The Morgan fingerprint density at radius 3 is 2.86 bits per heavy atom. The minimum atomic E-state index is -0.0688. The number of nitriles is 1. The number of hydrogen-bond donors (Lipinski definition) is 1. The van der Waals surface area contributed by atoms with Gasteiger partial charge in [0.05, 0.1) is 37.6 Å². The molecule has 21 heavy (non-hydrogen) atoms. The summed E-state index contributed by atoms with van der Waals surface area (Å²) in [6, 6.07) is 9.61. The molecule has 1 N–H and O–H groups in total. The van der Waals surface area contributed by atoms with E-state index in [9.17, 15) is 0 Å². The highest BCUT2D eigenvalue weighted by molar-refractivity contribution is 5.34. The number of aliphatic hydroxyl groups excluding tert-OH is 1. The fraction of sp³-hybridized carbons (Fsp3) is 0.562. The molecule has 2 unspecified atom stereocenters. The summed E-state index contributed by atoms with van der Waals surface area (Å²) >= 11 is 0. The Morgan fingerprint density at radius 1 is 1.43 bits per heavy atom. The van der Waals surface area contributed by atoms with Crippen LogP contribution >= 0.6 is 0 Å². The first-order chi connectivity index (χ1) is 10.2. The van der Waals surface area contributed by atoms with Crippen molar-refractivity contribution >= 4 is 0 Å². The van der Waals surface area contributed by atoms with E-state index in [1.54, 1.807) is 12.1 Å². The highest BCUT2D eigenvalue weighted by Gasteiger charge is 2.24.